The molecule has 38 heavy (non-hydrogen) atoms. The highest BCUT2D eigenvalue weighted by molar-refractivity contribution is 7.80. The van der Waals surface area contributed by atoms with Crippen molar-refractivity contribution in [2.75, 3.05) is 26.2 Å². The third-order valence-corrected chi connectivity index (χ3v) is 8.20. The summed E-state index contributed by atoms with van der Waals surface area (Å²) in [5.74, 6) is 1.55. The molecular weight excluding hydrogens is 512 g/mol. The molecule has 0 atom stereocenters. The smallest absolute Gasteiger partial charge is 0.189 e. The molecule has 0 aliphatic carbocycles. The molecule has 202 valence electrons. The molecule has 8 nitrogen and oxygen atoms in total. The molecule has 0 bridgehead atoms. The number of piperidine rings is 2. The third-order valence-electron chi connectivity index (χ3n) is 7.50. The summed E-state index contributed by atoms with van der Waals surface area (Å²) in [6.07, 6.45) is 10.9. The van der Waals surface area contributed by atoms with Crippen molar-refractivity contribution in [3.05, 3.63) is 60.2 Å². The van der Waals surface area contributed by atoms with E-state index in [9.17, 15) is 0 Å². The molecular formula is C28H38N8S2. The summed E-state index contributed by atoms with van der Waals surface area (Å²) in [4.78, 5) is 13.1. The van der Waals surface area contributed by atoms with E-state index in [4.69, 9.17) is 24.4 Å². The fraction of sp³-hybridized carbons (Fsp3) is 0.500. The van der Waals surface area contributed by atoms with Gasteiger partial charge in [-0.15, -0.1) is 0 Å². The van der Waals surface area contributed by atoms with Gasteiger partial charge in [0.2, 0.25) is 0 Å². The van der Waals surface area contributed by atoms with Crippen molar-refractivity contribution < 1.29 is 0 Å². The van der Waals surface area contributed by atoms with Crippen molar-refractivity contribution in [1.82, 2.24) is 30.6 Å². The predicted octanol–water partition coefficient (Wildman–Crippen LogP) is 4.58. The standard InChI is InChI=1S/C28H38N8S2/c1-21(25-7-3-5-15-29-25)31-33-27(37)35-17-11-23(12-18-35)9-10-24-13-19-36(20-14-24)28(38)34-32-22(2)26-8-4-6-16-30-26/h3-8,15-16,23-24H,9-14,17-20H2,1-2H3,(H,33,37)(H,34,38)/b31-21+,32-22+. The van der Waals surface area contributed by atoms with E-state index in [0.717, 1.165) is 60.8 Å². The van der Waals surface area contributed by atoms with Crippen LogP contribution in [0.4, 0.5) is 0 Å². The number of pyridine rings is 2. The van der Waals surface area contributed by atoms with Gasteiger partial charge in [-0.25, -0.2) is 0 Å². The van der Waals surface area contributed by atoms with Gasteiger partial charge < -0.3 is 9.80 Å². The molecule has 2 aromatic rings. The average molecular weight is 551 g/mol. The van der Waals surface area contributed by atoms with Crippen LogP contribution < -0.4 is 10.9 Å². The topological polar surface area (TPSA) is 81.0 Å². The Morgan fingerprint density at radius 2 is 1.13 bits per heavy atom. The largest absolute Gasteiger partial charge is 0.348 e. The number of hydrogen-bond donors (Lipinski definition) is 2. The molecule has 0 radical (unpaired) electrons. The molecule has 2 aliphatic rings. The van der Waals surface area contributed by atoms with E-state index in [2.05, 4.69) is 40.8 Å². The third kappa shape index (κ3) is 8.26. The SMILES string of the molecule is C/C(=N\NC(=S)N1CCC(CCC2CCN(C(=S)N/N=C(\C)c3ccccn3)CC2)CC1)c1ccccn1. The van der Waals surface area contributed by atoms with Gasteiger partial charge in [0, 0.05) is 38.6 Å². The minimum atomic E-state index is 0.704. The second kappa shape index (κ2) is 14.2. The summed E-state index contributed by atoms with van der Waals surface area (Å²) in [5, 5.41) is 10.3. The molecule has 4 rings (SSSR count). The number of nitrogens with zero attached hydrogens (tertiary/aromatic N) is 6. The number of likely N-dealkylation sites (tertiary alicyclic amines) is 2. The molecule has 2 N–H and O–H groups in total. The van der Waals surface area contributed by atoms with E-state index in [1.807, 2.05) is 50.2 Å². The van der Waals surface area contributed by atoms with E-state index in [1.165, 1.54) is 38.5 Å². The van der Waals surface area contributed by atoms with Crippen LogP contribution in [0.5, 0.6) is 0 Å². The summed E-state index contributed by atoms with van der Waals surface area (Å²) < 4.78 is 0. The maximum Gasteiger partial charge on any atom is 0.189 e. The zero-order valence-corrected chi connectivity index (χ0v) is 24.0. The van der Waals surface area contributed by atoms with Crippen LogP contribution >= 0.6 is 24.4 Å². The molecule has 2 saturated heterocycles. The predicted molar refractivity (Wildman–Crippen MR) is 162 cm³/mol. The minimum absolute atomic E-state index is 0.704. The van der Waals surface area contributed by atoms with Gasteiger partial charge in [0.25, 0.3) is 0 Å². The Labute approximate surface area is 237 Å². The van der Waals surface area contributed by atoms with Crippen LogP contribution in [0.2, 0.25) is 0 Å². The lowest BCUT2D eigenvalue weighted by atomic mass is 9.85. The Balaban J connectivity index is 1.11. The first-order valence-corrected chi connectivity index (χ1v) is 14.3. The van der Waals surface area contributed by atoms with Gasteiger partial charge in [-0.1, -0.05) is 25.0 Å². The minimum Gasteiger partial charge on any atom is -0.348 e. The van der Waals surface area contributed by atoms with Crippen LogP contribution in [0.3, 0.4) is 0 Å². The summed E-state index contributed by atoms with van der Waals surface area (Å²) in [5.41, 5.74) is 9.49. The highest BCUT2D eigenvalue weighted by atomic mass is 32.1. The van der Waals surface area contributed by atoms with Crippen LogP contribution in [-0.4, -0.2) is 67.6 Å². The molecule has 0 spiro atoms. The summed E-state index contributed by atoms with van der Waals surface area (Å²) in [7, 11) is 0. The van der Waals surface area contributed by atoms with Crippen LogP contribution in [-0.2, 0) is 0 Å². The molecule has 10 heteroatoms. The van der Waals surface area contributed by atoms with Gasteiger partial charge in [-0.2, -0.15) is 10.2 Å². The summed E-state index contributed by atoms with van der Waals surface area (Å²) >= 11 is 11.2. The number of hydrazone groups is 2. The first kappa shape index (κ1) is 28.0. The van der Waals surface area contributed by atoms with E-state index >= 15 is 0 Å². The normalized spacial score (nSPS) is 17.8. The fourth-order valence-corrected chi connectivity index (χ4v) is 5.45. The number of hydrogen-bond acceptors (Lipinski definition) is 6. The Bertz CT molecular complexity index is 1020. The van der Waals surface area contributed by atoms with Gasteiger partial charge in [-0.05, 0) is 100 Å². The molecule has 0 amide bonds. The van der Waals surface area contributed by atoms with Gasteiger partial charge in [0.05, 0.1) is 22.8 Å². The Morgan fingerprint density at radius 3 is 1.47 bits per heavy atom. The quantitative estimate of drug-likeness (QED) is 0.295. The van der Waals surface area contributed by atoms with Crippen LogP contribution in [0.25, 0.3) is 0 Å². The lowest BCUT2D eigenvalue weighted by Gasteiger charge is -2.36. The molecule has 2 aliphatic heterocycles. The first-order chi connectivity index (χ1) is 18.5. The number of rotatable bonds is 7. The van der Waals surface area contributed by atoms with Gasteiger partial charge in [-0.3, -0.25) is 20.8 Å². The van der Waals surface area contributed by atoms with Crippen LogP contribution in [0.15, 0.2) is 59.0 Å². The number of nitrogens with one attached hydrogen (secondary N) is 2. The fourth-order valence-electron chi connectivity index (χ4n) is 4.99. The zero-order valence-electron chi connectivity index (χ0n) is 22.3. The van der Waals surface area contributed by atoms with E-state index in [0.29, 0.717) is 10.2 Å². The number of aromatic nitrogens is 2. The Kier molecular flexibility index (Phi) is 10.5. The van der Waals surface area contributed by atoms with E-state index < -0.39 is 0 Å². The van der Waals surface area contributed by atoms with Gasteiger partial charge in [0.15, 0.2) is 10.2 Å². The molecule has 0 saturated carbocycles. The lowest BCUT2D eigenvalue weighted by molar-refractivity contribution is 0.211. The Hall–Kier alpha value is -2.98. The Morgan fingerprint density at radius 1 is 0.737 bits per heavy atom. The molecule has 2 aromatic heterocycles. The number of thiocarbonyl (C=S) groups is 2. The zero-order chi connectivity index (χ0) is 26.7. The molecule has 4 heterocycles. The maximum absolute atomic E-state index is 5.59. The molecule has 0 aromatic carbocycles. The van der Waals surface area contributed by atoms with E-state index in [1.54, 1.807) is 12.4 Å². The van der Waals surface area contributed by atoms with Crippen molar-refractivity contribution in [3.63, 3.8) is 0 Å². The lowest BCUT2D eigenvalue weighted by Crippen LogP contribution is -2.43. The summed E-state index contributed by atoms with van der Waals surface area (Å²) in [6.45, 7) is 7.85. The average Bonchev–Trinajstić information content (AvgIpc) is 2.98. The monoisotopic (exact) mass is 550 g/mol. The van der Waals surface area contributed by atoms with Crippen LogP contribution in [0, 0.1) is 11.8 Å². The van der Waals surface area contributed by atoms with Crippen molar-refractivity contribution in [3.8, 4) is 0 Å². The highest BCUT2D eigenvalue weighted by Gasteiger charge is 2.24. The van der Waals surface area contributed by atoms with Crippen molar-refractivity contribution >= 4 is 46.1 Å². The van der Waals surface area contributed by atoms with Gasteiger partial charge in [0.1, 0.15) is 0 Å². The second-order valence-electron chi connectivity index (χ2n) is 10.1. The second-order valence-corrected chi connectivity index (χ2v) is 10.9. The van der Waals surface area contributed by atoms with Crippen molar-refractivity contribution in [2.45, 2.75) is 52.4 Å². The molecule has 0 unspecified atom stereocenters. The van der Waals surface area contributed by atoms with E-state index in [-0.39, 0.29) is 0 Å². The maximum atomic E-state index is 5.59. The molecule has 2 fully saturated rings. The summed E-state index contributed by atoms with van der Waals surface area (Å²) in [6, 6.07) is 11.6. The van der Waals surface area contributed by atoms with Gasteiger partial charge >= 0.3 is 0 Å². The van der Waals surface area contributed by atoms with Crippen LogP contribution in [0.1, 0.15) is 63.8 Å². The highest BCUT2D eigenvalue weighted by Crippen LogP contribution is 2.28. The van der Waals surface area contributed by atoms with Crippen molar-refractivity contribution in [2.24, 2.45) is 22.0 Å². The van der Waals surface area contributed by atoms with Crippen molar-refractivity contribution in [1.29, 1.82) is 0 Å². The first-order valence-electron chi connectivity index (χ1n) is 13.5.